The van der Waals surface area contributed by atoms with Gasteiger partial charge < -0.3 is 10.1 Å². The Kier molecular flexibility index (Phi) is 7.69. The topological polar surface area (TPSA) is 38.3 Å². The molecule has 1 atom stereocenters. The first kappa shape index (κ1) is 14.8. The molecule has 0 radical (unpaired) electrons. The Hall–Kier alpha value is -0.220. The second-order valence-corrected chi connectivity index (χ2v) is 5.72. The third kappa shape index (κ3) is 6.94. The number of ether oxygens (including phenoxy) is 1. The van der Waals surface area contributed by atoms with Crippen LogP contribution < -0.4 is 5.32 Å². The van der Waals surface area contributed by atoms with E-state index < -0.39 is 0 Å². The van der Waals surface area contributed by atoms with Crippen LogP contribution in [0, 0.1) is 0 Å². The molecule has 1 saturated carbocycles. The maximum atomic E-state index is 11.7. The fourth-order valence-electron chi connectivity index (χ4n) is 1.60. The highest BCUT2D eigenvalue weighted by molar-refractivity contribution is 7.99. The number of esters is 1. The fraction of sp³-hybridized carbons (Fsp3) is 0.923. The lowest BCUT2D eigenvalue weighted by Gasteiger charge is -2.16. The van der Waals surface area contributed by atoms with Crippen LogP contribution in [-0.4, -0.2) is 36.2 Å². The Morgan fingerprint density at radius 3 is 2.76 bits per heavy atom. The van der Waals surface area contributed by atoms with Gasteiger partial charge in [0.05, 0.1) is 6.61 Å². The number of nitrogens with one attached hydrogen (secondary N) is 1. The normalized spacial score (nSPS) is 16.8. The van der Waals surface area contributed by atoms with Gasteiger partial charge in [0, 0.05) is 6.04 Å². The van der Waals surface area contributed by atoms with E-state index in [0.29, 0.717) is 12.6 Å². The number of hydrogen-bond donors (Lipinski definition) is 1. The maximum Gasteiger partial charge on any atom is 0.323 e. The Morgan fingerprint density at radius 2 is 2.18 bits per heavy atom. The fourth-order valence-corrected chi connectivity index (χ4v) is 2.70. The zero-order chi connectivity index (χ0) is 12.5. The highest BCUT2D eigenvalue weighted by atomic mass is 32.2. The van der Waals surface area contributed by atoms with Crippen LogP contribution in [-0.2, 0) is 9.53 Å². The molecule has 1 fully saturated rings. The number of unbranched alkanes of at least 4 members (excludes halogenated alkanes) is 1. The van der Waals surface area contributed by atoms with Gasteiger partial charge in [0.2, 0.25) is 0 Å². The van der Waals surface area contributed by atoms with Crippen molar-refractivity contribution in [2.24, 2.45) is 0 Å². The molecule has 0 aromatic heterocycles. The molecule has 17 heavy (non-hydrogen) atoms. The first-order chi connectivity index (χ1) is 8.27. The van der Waals surface area contributed by atoms with Crippen molar-refractivity contribution in [1.29, 1.82) is 0 Å². The van der Waals surface area contributed by atoms with E-state index >= 15 is 0 Å². The number of carbonyl (C=O) groups excluding carboxylic acids is 1. The summed E-state index contributed by atoms with van der Waals surface area (Å²) < 4.78 is 5.10. The SMILES string of the molecule is CCCCSCCC(NC1CC1)C(=O)OCC. The molecule has 1 N–H and O–H groups in total. The Labute approximate surface area is 109 Å². The van der Waals surface area contributed by atoms with Crippen LogP contribution in [0.25, 0.3) is 0 Å². The molecule has 1 unspecified atom stereocenters. The lowest BCUT2D eigenvalue weighted by atomic mass is 10.2. The van der Waals surface area contributed by atoms with Crippen LogP contribution in [0.2, 0.25) is 0 Å². The van der Waals surface area contributed by atoms with Crippen molar-refractivity contribution in [3.8, 4) is 0 Å². The zero-order valence-corrected chi connectivity index (χ0v) is 11.9. The zero-order valence-electron chi connectivity index (χ0n) is 11.0. The molecule has 100 valence electrons. The minimum Gasteiger partial charge on any atom is -0.465 e. The second kappa shape index (κ2) is 8.81. The van der Waals surface area contributed by atoms with Gasteiger partial charge in [-0.05, 0) is 44.1 Å². The summed E-state index contributed by atoms with van der Waals surface area (Å²) in [5.74, 6) is 2.18. The first-order valence-electron chi connectivity index (χ1n) is 6.78. The number of rotatable bonds is 10. The van der Waals surface area contributed by atoms with Crippen LogP contribution in [0.3, 0.4) is 0 Å². The summed E-state index contributed by atoms with van der Waals surface area (Å²) in [6.07, 6.45) is 5.82. The highest BCUT2D eigenvalue weighted by Crippen LogP contribution is 2.21. The van der Waals surface area contributed by atoms with Gasteiger partial charge in [0.1, 0.15) is 6.04 Å². The van der Waals surface area contributed by atoms with Gasteiger partial charge in [-0.1, -0.05) is 13.3 Å². The van der Waals surface area contributed by atoms with Gasteiger partial charge >= 0.3 is 5.97 Å². The largest absolute Gasteiger partial charge is 0.465 e. The molecule has 4 heteroatoms. The molecule has 0 saturated heterocycles. The Morgan fingerprint density at radius 1 is 1.41 bits per heavy atom. The van der Waals surface area contributed by atoms with E-state index in [4.69, 9.17) is 4.74 Å². The molecular weight excluding hydrogens is 234 g/mol. The molecule has 0 amide bonds. The maximum absolute atomic E-state index is 11.7. The predicted octanol–water partition coefficient (Wildman–Crippen LogP) is 2.59. The average molecular weight is 259 g/mol. The summed E-state index contributed by atoms with van der Waals surface area (Å²) in [4.78, 5) is 11.7. The molecular formula is C13H25NO2S. The second-order valence-electron chi connectivity index (χ2n) is 4.50. The van der Waals surface area contributed by atoms with Crippen molar-refractivity contribution in [2.75, 3.05) is 18.1 Å². The summed E-state index contributed by atoms with van der Waals surface area (Å²) in [5, 5.41) is 3.38. The quantitative estimate of drug-likeness (QED) is 0.483. The third-order valence-corrected chi connectivity index (χ3v) is 3.88. The van der Waals surface area contributed by atoms with Crippen molar-refractivity contribution in [1.82, 2.24) is 5.32 Å². The van der Waals surface area contributed by atoms with Gasteiger partial charge in [-0.25, -0.2) is 0 Å². The Bertz CT molecular complexity index is 219. The van der Waals surface area contributed by atoms with Crippen LogP contribution >= 0.6 is 11.8 Å². The van der Waals surface area contributed by atoms with Gasteiger partial charge in [-0.15, -0.1) is 0 Å². The molecule has 3 nitrogen and oxygen atoms in total. The van der Waals surface area contributed by atoms with E-state index in [-0.39, 0.29) is 12.0 Å². The van der Waals surface area contributed by atoms with Gasteiger partial charge in [0.25, 0.3) is 0 Å². The molecule has 0 heterocycles. The molecule has 1 rings (SSSR count). The summed E-state index contributed by atoms with van der Waals surface area (Å²) in [7, 11) is 0. The van der Waals surface area contributed by atoms with Crippen LogP contribution in [0.5, 0.6) is 0 Å². The third-order valence-electron chi connectivity index (χ3n) is 2.78. The average Bonchev–Trinajstić information content (AvgIpc) is 3.11. The monoisotopic (exact) mass is 259 g/mol. The van der Waals surface area contributed by atoms with Crippen molar-refractivity contribution in [3.63, 3.8) is 0 Å². The van der Waals surface area contributed by atoms with E-state index in [1.165, 1.54) is 31.4 Å². The standard InChI is InChI=1S/C13H25NO2S/c1-3-5-9-17-10-8-12(13(15)16-4-2)14-11-6-7-11/h11-12,14H,3-10H2,1-2H3. The molecule has 0 bridgehead atoms. The lowest BCUT2D eigenvalue weighted by Crippen LogP contribution is -2.39. The summed E-state index contributed by atoms with van der Waals surface area (Å²) in [6, 6.07) is 0.474. The first-order valence-corrected chi connectivity index (χ1v) is 7.93. The summed E-state index contributed by atoms with van der Waals surface area (Å²) in [6.45, 7) is 4.55. The van der Waals surface area contributed by atoms with E-state index in [1.54, 1.807) is 0 Å². The Balaban J connectivity index is 2.17. The highest BCUT2D eigenvalue weighted by Gasteiger charge is 2.28. The van der Waals surface area contributed by atoms with E-state index in [2.05, 4.69) is 12.2 Å². The lowest BCUT2D eigenvalue weighted by molar-refractivity contribution is -0.145. The molecule has 1 aliphatic rings. The van der Waals surface area contributed by atoms with E-state index in [1.807, 2.05) is 18.7 Å². The van der Waals surface area contributed by atoms with Gasteiger partial charge in [-0.2, -0.15) is 11.8 Å². The summed E-state index contributed by atoms with van der Waals surface area (Å²) in [5.41, 5.74) is 0. The van der Waals surface area contributed by atoms with Crippen LogP contribution in [0.15, 0.2) is 0 Å². The van der Waals surface area contributed by atoms with Crippen molar-refractivity contribution in [3.05, 3.63) is 0 Å². The smallest absolute Gasteiger partial charge is 0.323 e. The molecule has 0 spiro atoms. The summed E-state index contributed by atoms with van der Waals surface area (Å²) >= 11 is 1.94. The van der Waals surface area contributed by atoms with Crippen molar-refractivity contribution < 1.29 is 9.53 Å². The number of hydrogen-bond acceptors (Lipinski definition) is 4. The molecule has 0 aliphatic heterocycles. The van der Waals surface area contributed by atoms with E-state index in [0.717, 1.165) is 12.2 Å². The predicted molar refractivity (Wildman–Crippen MR) is 73.4 cm³/mol. The molecule has 0 aromatic carbocycles. The number of carbonyl (C=O) groups is 1. The van der Waals surface area contributed by atoms with Crippen molar-refractivity contribution >= 4 is 17.7 Å². The van der Waals surface area contributed by atoms with Crippen molar-refractivity contribution in [2.45, 2.75) is 58.0 Å². The molecule has 0 aromatic rings. The van der Waals surface area contributed by atoms with E-state index in [9.17, 15) is 4.79 Å². The minimum atomic E-state index is -0.0865. The molecule has 1 aliphatic carbocycles. The van der Waals surface area contributed by atoms with Gasteiger partial charge in [0.15, 0.2) is 0 Å². The minimum absolute atomic E-state index is 0.0736. The van der Waals surface area contributed by atoms with Crippen LogP contribution in [0.4, 0.5) is 0 Å². The number of thioether (sulfide) groups is 1. The van der Waals surface area contributed by atoms with Crippen LogP contribution in [0.1, 0.15) is 46.0 Å². The van der Waals surface area contributed by atoms with Gasteiger partial charge in [-0.3, -0.25) is 4.79 Å².